The molecular weight excluding hydrogens is 166 g/mol. The summed E-state index contributed by atoms with van der Waals surface area (Å²) in [5.74, 6) is 0. The standard InChI is InChI=1S/C7H14ClNO2/c1-3-5-7(8,6-4-2)9(10)11/h3-6H2,1-2H3. The third kappa shape index (κ3) is 3.06. The molecule has 0 aliphatic carbocycles. The van der Waals surface area contributed by atoms with Crippen LogP contribution in [0.15, 0.2) is 0 Å². The second kappa shape index (κ2) is 4.54. The van der Waals surface area contributed by atoms with Gasteiger partial charge in [0, 0.05) is 17.8 Å². The van der Waals surface area contributed by atoms with Gasteiger partial charge in [0.05, 0.1) is 0 Å². The van der Waals surface area contributed by atoms with Gasteiger partial charge in [-0.2, -0.15) is 0 Å². The van der Waals surface area contributed by atoms with Crippen LogP contribution in [0.25, 0.3) is 0 Å². The quantitative estimate of drug-likeness (QED) is 0.282. The van der Waals surface area contributed by atoms with Gasteiger partial charge in [0.2, 0.25) is 0 Å². The lowest BCUT2D eigenvalue weighted by Crippen LogP contribution is -2.31. The lowest BCUT2D eigenvalue weighted by molar-refractivity contribution is -0.544. The smallest absolute Gasteiger partial charge is 0.263 e. The Balaban J connectivity index is 4.13. The largest absolute Gasteiger partial charge is 0.294 e. The minimum Gasteiger partial charge on any atom is -0.263 e. The van der Waals surface area contributed by atoms with Crippen molar-refractivity contribution >= 4 is 11.6 Å². The van der Waals surface area contributed by atoms with Crippen molar-refractivity contribution in [3.05, 3.63) is 10.1 Å². The van der Waals surface area contributed by atoms with E-state index >= 15 is 0 Å². The van der Waals surface area contributed by atoms with Crippen LogP contribution in [-0.2, 0) is 0 Å². The number of alkyl halides is 1. The second-order valence-corrected chi connectivity index (χ2v) is 3.38. The average molecular weight is 180 g/mol. The molecule has 0 amide bonds. The molecule has 0 aromatic heterocycles. The molecule has 0 aliphatic rings. The summed E-state index contributed by atoms with van der Waals surface area (Å²) < 4.78 is 0. The summed E-state index contributed by atoms with van der Waals surface area (Å²) in [6.07, 6.45) is 2.42. The highest BCUT2D eigenvalue weighted by atomic mass is 35.5. The van der Waals surface area contributed by atoms with Crippen LogP contribution in [0.3, 0.4) is 0 Å². The minimum atomic E-state index is -1.20. The highest BCUT2D eigenvalue weighted by Gasteiger charge is 2.37. The number of rotatable bonds is 5. The van der Waals surface area contributed by atoms with E-state index in [1.807, 2.05) is 13.8 Å². The highest BCUT2D eigenvalue weighted by molar-refractivity contribution is 6.22. The van der Waals surface area contributed by atoms with Crippen molar-refractivity contribution in [3.63, 3.8) is 0 Å². The molecule has 11 heavy (non-hydrogen) atoms. The Labute approximate surface area is 71.9 Å². The van der Waals surface area contributed by atoms with Crippen LogP contribution < -0.4 is 0 Å². The molecule has 0 rings (SSSR count). The fourth-order valence-corrected chi connectivity index (χ4v) is 1.45. The topological polar surface area (TPSA) is 43.1 Å². The maximum absolute atomic E-state index is 10.5. The van der Waals surface area contributed by atoms with E-state index in [0.717, 1.165) is 12.8 Å². The Kier molecular flexibility index (Phi) is 4.42. The molecule has 0 aromatic rings. The van der Waals surface area contributed by atoms with Crippen LogP contribution in [0, 0.1) is 10.1 Å². The van der Waals surface area contributed by atoms with Crippen LogP contribution in [0.4, 0.5) is 0 Å². The number of halogens is 1. The molecule has 66 valence electrons. The van der Waals surface area contributed by atoms with Gasteiger partial charge in [0.1, 0.15) is 0 Å². The van der Waals surface area contributed by atoms with Gasteiger partial charge in [-0.25, -0.2) is 0 Å². The predicted molar refractivity (Wildman–Crippen MR) is 45.4 cm³/mol. The molecule has 0 fully saturated rings. The molecule has 0 saturated carbocycles. The molecule has 0 N–H and O–H groups in total. The summed E-state index contributed by atoms with van der Waals surface area (Å²) in [5.41, 5.74) is 0. The fourth-order valence-electron chi connectivity index (χ4n) is 1.07. The monoisotopic (exact) mass is 179 g/mol. The van der Waals surface area contributed by atoms with Gasteiger partial charge in [0.15, 0.2) is 0 Å². The molecule has 0 heterocycles. The molecule has 3 nitrogen and oxygen atoms in total. The summed E-state index contributed by atoms with van der Waals surface area (Å²) in [7, 11) is 0. The number of nitro groups is 1. The van der Waals surface area contributed by atoms with Crippen molar-refractivity contribution in [2.75, 3.05) is 0 Å². The first-order valence-corrected chi connectivity index (χ1v) is 4.28. The zero-order valence-electron chi connectivity index (χ0n) is 6.97. The molecule has 4 heteroatoms. The number of nitrogens with zero attached hydrogens (tertiary/aromatic N) is 1. The van der Waals surface area contributed by atoms with Gasteiger partial charge in [-0.1, -0.05) is 13.8 Å². The zero-order valence-corrected chi connectivity index (χ0v) is 7.73. The van der Waals surface area contributed by atoms with E-state index in [0.29, 0.717) is 12.8 Å². The first-order valence-electron chi connectivity index (χ1n) is 3.90. The van der Waals surface area contributed by atoms with E-state index in [-0.39, 0.29) is 4.92 Å². The zero-order chi connectivity index (χ0) is 8.91. The lowest BCUT2D eigenvalue weighted by Gasteiger charge is -2.16. The SMILES string of the molecule is CCCC(Cl)(CCC)[N+](=O)[O-]. The third-order valence-electron chi connectivity index (χ3n) is 1.59. The van der Waals surface area contributed by atoms with Crippen molar-refractivity contribution in [2.45, 2.75) is 44.5 Å². The molecular formula is C7H14ClNO2. The fraction of sp³-hybridized carbons (Fsp3) is 1.00. The molecule has 0 radical (unpaired) electrons. The van der Waals surface area contributed by atoms with Crippen molar-refractivity contribution < 1.29 is 4.92 Å². The van der Waals surface area contributed by atoms with Crippen molar-refractivity contribution in [2.24, 2.45) is 0 Å². The average Bonchev–Trinajstić information content (AvgIpc) is 1.88. The number of hydrogen-bond donors (Lipinski definition) is 0. The van der Waals surface area contributed by atoms with Crippen molar-refractivity contribution in [1.29, 1.82) is 0 Å². The second-order valence-electron chi connectivity index (χ2n) is 2.68. The number of hydrogen-bond acceptors (Lipinski definition) is 2. The van der Waals surface area contributed by atoms with Crippen LogP contribution in [0.5, 0.6) is 0 Å². The first-order chi connectivity index (χ1) is 5.06. The lowest BCUT2D eigenvalue weighted by atomic mass is 10.1. The van der Waals surface area contributed by atoms with E-state index in [2.05, 4.69) is 0 Å². The molecule has 0 bridgehead atoms. The maximum Gasteiger partial charge on any atom is 0.294 e. The molecule has 0 aliphatic heterocycles. The van der Waals surface area contributed by atoms with Crippen LogP contribution >= 0.6 is 11.6 Å². The van der Waals surface area contributed by atoms with Gasteiger partial charge in [0.25, 0.3) is 5.00 Å². The molecule has 0 spiro atoms. The summed E-state index contributed by atoms with van der Waals surface area (Å²) in [5, 5.41) is 10.5. The Hall–Kier alpha value is -0.310. The normalized spacial score (nSPS) is 11.5. The van der Waals surface area contributed by atoms with Gasteiger partial charge in [-0.3, -0.25) is 10.1 Å². The minimum absolute atomic E-state index is 0.373. The molecule has 0 unspecified atom stereocenters. The van der Waals surface area contributed by atoms with Crippen LogP contribution in [0.2, 0.25) is 0 Å². The van der Waals surface area contributed by atoms with Gasteiger partial charge in [-0.15, -0.1) is 0 Å². The van der Waals surface area contributed by atoms with Gasteiger partial charge >= 0.3 is 0 Å². The summed E-state index contributed by atoms with van der Waals surface area (Å²) in [6.45, 7) is 3.80. The highest BCUT2D eigenvalue weighted by Crippen LogP contribution is 2.27. The van der Waals surface area contributed by atoms with E-state index in [1.165, 1.54) is 0 Å². The molecule has 0 atom stereocenters. The van der Waals surface area contributed by atoms with Crippen molar-refractivity contribution in [3.8, 4) is 0 Å². The van der Waals surface area contributed by atoms with E-state index < -0.39 is 5.00 Å². The Bertz CT molecular complexity index is 132. The third-order valence-corrected chi connectivity index (χ3v) is 2.11. The van der Waals surface area contributed by atoms with E-state index in [9.17, 15) is 10.1 Å². The predicted octanol–water partition coefficient (Wildman–Crippen LogP) is 2.80. The Morgan fingerprint density at radius 1 is 1.36 bits per heavy atom. The Morgan fingerprint density at radius 2 is 1.73 bits per heavy atom. The van der Waals surface area contributed by atoms with E-state index in [1.54, 1.807) is 0 Å². The summed E-state index contributed by atoms with van der Waals surface area (Å²) in [4.78, 5) is 8.90. The van der Waals surface area contributed by atoms with E-state index in [4.69, 9.17) is 11.6 Å². The van der Waals surface area contributed by atoms with Gasteiger partial charge < -0.3 is 0 Å². The molecule has 0 aromatic carbocycles. The molecule has 0 saturated heterocycles. The van der Waals surface area contributed by atoms with Crippen LogP contribution in [-0.4, -0.2) is 9.92 Å². The van der Waals surface area contributed by atoms with Crippen molar-refractivity contribution in [1.82, 2.24) is 0 Å². The maximum atomic E-state index is 10.5. The Morgan fingerprint density at radius 3 is 1.91 bits per heavy atom. The van der Waals surface area contributed by atoms with Crippen LogP contribution in [0.1, 0.15) is 39.5 Å². The summed E-state index contributed by atoms with van der Waals surface area (Å²) >= 11 is 5.78. The first kappa shape index (κ1) is 10.7. The summed E-state index contributed by atoms with van der Waals surface area (Å²) in [6, 6.07) is 0. The van der Waals surface area contributed by atoms with Gasteiger partial charge in [-0.05, 0) is 24.4 Å².